The van der Waals surface area contributed by atoms with E-state index in [2.05, 4.69) is 54.6 Å². The lowest BCUT2D eigenvalue weighted by atomic mass is 10.2. The van der Waals surface area contributed by atoms with E-state index < -0.39 is 0 Å². The topological polar surface area (TPSA) is 0 Å². The summed E-state index contributed by atoms with van der Waals surface area (Å²) in [4.78, 5) is 0. The van der Waals surface area contributed by atoms with Crippen molar-refractivity contribution in [3.8, 4) is 0 Å². The van der Waals surface area contributed by atoms with E-state index in [1.807, 2.05) is 0 Å². The first-order valence-electron chi connectivity index (χ1n) is 2.93. The van der Waals surface area contributed by atoms with E-state index in [0.29, 0.717) is 0 Å². The maximum atomic E-state index is 2.35. The highest BCUT2D eigenvalue weighted by molar-refractivity contribution is 14.1. The van der Waals surface area contributed by atoms with Crippen molar-refractivity contribution in [2.24, 2.45) is 0 Å². The maximum Gasteiger partial charge on any atom is 0.0162 e. The fourth-order valence-electron chi connectivity index (χ4n) is 0.698. The van der Waals surface area contributed by atoms with Crippen LogP contribution in [0.25, 0.3) is 0 Å². The fourth-order valence-corrected chi connectivity index (χ4v) is 1.37. The van der Waals surface area contributed by atoms with E-state index in [1.54, 1.807) is 0 Å². The lowest BCUT2D eigenvalue weighted by molar-refractivity contribution is 1.36. The van der Waals surface area contributed by atoms with Gasteiger partial charge in [-0.05, 0) is 48.1 Å². The highest BCUT2D eigenvalue weighted by atomic mass is 127. The molecule has 0 saturated heterocycles. The van der Waals surface area contributed by atoms with Gasteiger partial charge in [-0.25, -0.2) is 0 Å². The molecule has 0 radical (unpaired) electrons. The first-order chi connectivity index (χ1) is 4.20. The molecule has 9 heavy (non-hydrogen) atoms. The summed E-state index contributed by atoms with van der Waals surface area (Å²) in [7, 11) is 0. The quantitative estimate of drug-likeness (QED) is 0.603. The van der Waals surface area contributed by atoms with Crippen molar-refractivity contribution in [3.05, 3.63) is 32.9 Å². The van der Waals surface area contributed by atoms with Crippen LogP contribution in [0.3, 0.4) is 0 Å². The third kappa shape index (κ3) is 1.68. The van der Waals surface area contributed by atoms with E-state index in [4.69, 9.17) is 0 Å². The van der Waals surface area contributed by atoms with Crippen LogP contribution in [0.4, 0.5) is 0 Å². The summed E-state index contributed by atoms with van der Waals surface area (Å²) >= 11 is 2.35. The summed E-state index contributed by atoms with van der Waals surface area (Å²) in [5, 5.41) is 0. The molecule has 0 aliphatic heterocycles. The van der Waals surface area contributed by atoms with Gasteiger partial charge in [0, 0.05) is 3.57 Å². The van der Waals surface area contributed by atoms with Crippen LogP contribution in [-0.4, -0.2) is 0 Å². The van der Waals surface area contributed by atoms with Gasteiger partial charge in [0.05, 0.1) is 0 Å². The third-order valence-corrected chi connectivity index (χ3v) is 2.49. The van der Waals surface area contributed by atoms with Gasteiger partial charge in [0.25, 0.3) is 0 Å². The Morgan fingerprint density at radius 2 is 1.89 bits per heavy atom. The molecular formula is C8H9I. The van der Waals surface area contributed by atoms with Gasteiger partial charge < -0.3 is 0 Å². The minimum Gasteiger partial charge on any atom is -0.0590 e. The lowest BCUT2D eigenvalue weighted by Gasteiger charge is -1.96. The monoisotopic (exact) mass is 232 g/mol. The zero-order chi connectivity index (χ0) is 6.85. The van der Waals surface area contributed by atoms with Gasteiger partial charge in [-0.3, -0.25) is 0 Å². The number of halogens is 1. The Kier molecular flexibility index (Phi) is 2.11. The van der Waals surface area contributed by atoms with Gasteiger partial charge in [-0.1, -0.05) is 17.7 Å². The number of hydrogen-bond donors (Lipinski definition) is 0. The van der Waals surface area contributed by atoms with Gasteiger partial charge in [0.1, 0.15) is 0 Å². The summed E-state index contributed by atoms with van der Waals surface area (Å²) < 4.78 is 1.35. The summed E-state index contributed by atoms with van der Waals surface area (Å²) in [6.45, 7) is 4.24. The van der Waals surface area contributed by atoms with Crippen molar-refractivity contribution >= 4 is 22.6 Å². The largest absolute Gasteiger partial charge is 0.0590 e. The Morgan fingerprint density at radius 3 is 2.33 bits per heavy atom. The second-order valence-electron chi connectivity index (χ2n) is 2.25. The molecule has 0 atom stereocenters. The highest BCUT2D eigenvalue weighted by Gasteiger charge is 1.90. The molecule has 0 nitrogen and oxygen atoms in total. The van der Waals surface area contributed by atoms with Gasteiger partial charge in [-0.2, -0.15) is 0 Å². The smallest absolute Gasteiger partial charge is 0.0162 e. The minimum absolute atomic E-state index is 1.34. The molecule has 0 fully saturated rings. The normalized spacial score (nSPS) is 9.67. The molecule has 0 heterocycles. The van der Waals surface area contributed by atoms with E-state index in [0.717, 1.165) is 0 Å². The zero-order valence-electron chi connectivity index (χ0n) is 5.61. The SMILES string of the molecule is Cc1ccc(C)c(I)c1. The van der Waals surface area contributed by atoms with Crippen LogP contribution in [-0.2, 0) is 0 Å². The molecule has 0 spiro atoms. The molecule has 0 aliphatic rings. The molecule has 1 rings (SSSR count). The number of rotatable bonds is 0. The van der Waals surface area contributed by atoms with E-state index in [1.165, 1.54) is 14.7 Å². The van der Waals surface area contributed by atoms with E-state index in [9.17, 15) is 0 Å². The molecule has 0 aromatic heterocycles. The molecular weight excluding hydrogens is 223 g/mol. The van der Waals surface area contributed by atoms with Gasteiger partial charge in [0.15, 0.2) is 0 Å². The minimum atomic E-state index is 1.34. The van der Waals surface area contributed by atoms with Crippen LogP contribution >= 0.6 is 22.6 Å². The highest BCUT2D eigenvalue weighted by Crippen LogP contribution is 2.11. The average Bonchev–Trinajstić information content (AvgIpc) is 1.80. The Labute approximate surface area is 69.4 Å². The summed E-state index contributed by atoms with van der Waals surface area (Å²) in [6, 6.07) is 6.48. The Morgan fingerprint density at radius 1 is 1.22 bits per heavy atom. The predicted octanol–water partition coefficient (Wildman–Crippen LogP) is 2.91. The van der Waals surface area contributed by atoms with Crippen LogP contribution in [0.1, 0.15) is 11.1 Å². The maximum absolute atomic E-state index is 2.35. The van der Waals surface area contributed by atoms with Crippen LogP contribution in [0.5, 0.6) is 0 Å². The molecule has 0 bridgehead atoms. The van der Waals surface area contributed by atoms with E-state index >= 15 is 0 Å². The van der Waals surface area contributed by atoms with Crippen LogP contribution in [0, 0.1) is 17.4 Å². The summed E-state index contributed by atoms with van der Waals surface area (Å²) in [5.41, 5.74) is 2.70. The number of benzene rings is 1. The average molecular weight is 232 g/mol. The number of hydrogen-bond acceptors (Lipinski definition) is 0. The Bertz CT molecular complexity index is 216. The van der Waals surface area contributed by atoms with Gasteiger partial charge in [-0.15, -0.1) is 0 Å². The standard InChI is InChI=1S/C8H9I/c1-6-3-4-7(2)8(9)5-6/h3-5H,1-2H3. The van der Waals surface area contributed by atoms with Crippen molar-refractivity contribution < 1.29 is 0 Å². The molecule has 0 aliphatic carbocycles. The summed E-state index contributed by atoms with van der Waals surface area (Å²) in [6.07, 6.45) is 0. The van der Waals surface area contributed by atoms with Crippen molar-refractivity contribution in [2.75, 3.05) is 0 Å². The van der Waals surface area contributed by atoms with Crippen molar-refractivity contribution in [3.63, 3.8) is 0 Å². The molecule has 1 aromatic rings. The van der Waals surface area contributed by atoms with Crippen LogP contribution in [0.2, 0.25) is 0 Å². The first kappa shape index (κ1) is 7.06. The van der Waals surface area contributed by atoms with Crippen molar-refractivity contribution in [1.82, 2.24) is 0 Å². The van der Waals surface area contributed by atoms with Gasteiger partial charge >= 0.3 is 0 Å². The van der Waals surface area contributed by atoms with Crippen LogP contribution < -0.4 is 0 Å². The van der Waals surface area contributed by atoms with E-state index in [-0.39, 0.29) is 0 Å². The number of aryl methyl sites for hydroxylation is 2. The van der Waals surface area contributed by atoms with Crippen molar-refractivity contribution in [1.29, 1.82) is 0 Å². The zero-order valence-corrected chi connectivity index (χ0v) is 7.77. The molecule has 48 valence electrons. The first-order valence-corrected chi connectivity index (χ1v) is 4.01. The fraction of sp³-hybridized carbons (Fsp3) is 0.250. The van der Waals surface area contributed by atoms with Crippen molar-refractivity contribution in [2.45, 2.75) is 13.8 Å². The molecule has 0 N–H and O–H groups in total. The third-order valence-electron chi connectivity index (χ3n) is 1.33. The molecule has 0 unspecified atom stereocenters. The molecule has 0 saturated carbocycles. The molecule has 1 aromatic carbocycles. The van der Waals surface area contributed by atoms with Crippen LogP contribution in [0.15, 0.2) is 18.2 Å². The Hall–Kier alpha value is -0.0500. The lowest BCUT2D eigenvalue weighted by Crippen LogP contribution is -1.79. The summed E-state index contributed by atoms with van der Waals surface area (Å²) in [5.74, 6) is 0. The second-order valence-corrected chi connectivity index (χ2v) is 3.41. The molecule has 0 amide bonds. The second kappa shape index (κ2) is 2.69. The molecule has 1 heteroatoms. The Balaban J connectivity index is 3.17. The predicted molar refractivity (Wildman–Crippen MR) is 48.6 cm³/mol. The van der Waals surface area contributed by atoms with Gasteiger partial charge in [0.2, 0.25) is 0 Å².